The van der Waals surface area contributed by atoms with E-state index in [2.05, 4.69) is 4.74 Å². The summed E-state index contributed by atoms with van der Waals surface area (Å²) in [7, 11) is 1.29. The first-order valence-corrected chi connectivity index (χ1v) is 5.08. The first-order chi connectivity index (χ1) is 8.06. The molecule has 0 aliphatic rings. The molecule has 0 heterocycles. The molecule has 0 saturated carbocycles. The van der Waals surface area contributed by atoms with Gasteiger partial charge in [-0.2, -0.15) is 0 Å². The van der Waals surface area contributed by atoms with Gasteiger partial charge in [0.15, 0.2) is 0 Å². The molecule has 0 radical (unpaired) electrons. The Morgan fingerprint density at radius 1 is 1.35 bits per heavy atom. The van der Waals surface area contributed by atoms with Crippen molar-refractivity contribution in [2.24, 2.45) is 0 Å². The number of carbonyl (C=O) groups excluding carboxylic acids is 1. The zero-order chi connectivity index (χ0) is 12.8. The third kappa shape index (κ3) is 3.48. The van der Waals surface area contributed by atoms with E-state index in [-0.39, 0.29) is 18.6 Å². The molecule has 92 valence electrons. The minimum Gasteiger partial charge on any atom is -0.492 e. The van der Waals surface area contributed by atoms with Crippen molar-refractivity contribution < 1.29 is 24.2 Å². The van der Waals surface area contributed by atoms with Crippen molar-refractivity contribution >= 4 is 11.9 Å². The largest absolute Gasteiger partial charge is 0.492 e. The molecule has 0 amide bonds. The molecule has 0 fully saturated rings. The zero-order valence-corrected chi connectivity index (χ0v) is 9.73. The SMILES string of the molecule is COC(=O)CCOc1c(C)cccc1C(=O)O. The Morgan fingerprint density at radius 3 is 2.65 bits per heavy atom. The number of esters is 1. The van der Waals surface area contributed by atoms with Gasteiger partial charge in [0, 0.05) is 0 Å². The maximum Gasteiger partial charge on any atom is 0.339 e. The summed E-state index contributed by atoms with van der Waals surface area (Å²) in [5.41, 5.74) is 0.810. The summed E-state index contributed by atoms with van der Waals surface area (Å²) in [4.78, 5) is 21.8. The van der Waals surface area contributed by atoms with Crippen LogP contribution in [-0.2, 0) is 9.53 Å². The van der Waals surface area contributed by atoms with Crippen LogP contribution in [0.15, 0.2) is 18.2 Å². The van der Waals surface area contributed by atoms with Gasteiger partial charge in [-0.3, -0.25) is 4.79 Å². The van der Waals surface area contributed by atoms with Crippen LogP contribution in [0.3, 0.4) is 0 Å². The summed E-state index contributed by atoms with van der Waals surface area (Å²) >= 11 is 0. The van der Waals surface area contributed by atoms with Crippen LogP contribution in [0.25, 0.3) is 0 Å². The number of rotatable bonds is 5. The fourth-order valence-electron chi connectivity index (χ4n) is 1.35. The number of aryl methyl sites for hydroxylation is 1. The van der Waals surface area contributed by atoms with Crippen molar-refractivity contribution in [3.63, 3.8) is 0 Å². The highest BCUT2D eigenvalue weighted by atomic mass is 16.5. The number of hydrogen-bond acceptors (Lipinski definition) is 4. The summed E-state index contributed by atoms with van der Waals surface area (Å²) in [5, 5.41) is 8.97. The Kier molecular flexibility index (Phi) is 4.51. The monoisotopic (exact) mass is 238 g/mol. The van der Waals surface area contributed by atoms with Gasteiger partial charge in [-0.15, -0.1) is 0 Å². The van der Waals surface area contributed by atoms with Crippen LogP contribution in [0.5, 0.6) is 5.75 Å². The van der Waals surface area contributed by atoms with E-state index < -0.39 is 11.9 Å². The molecule has 5 heteroatoms. The molecule has 5 nitrogen and oxygen atoms in total. The summed E-state index contributed by atoms with van der Waals surface area (Å²) in [6.45, 7) is 1.84. The number of ether oxygens (including phenoxy) is 2. The van der Waals surface area contributed by atoms with Gasteiger partial charge >= 0.3 is 11.9 Å². The van der Waals surface area contributed by atoms with E-state index in [1.807, 2.05) is 0 Å². The Hall–Kier alpha value is -2.04. The van der Waals surface area contributed by atoms with Gasteiger partial charge in [0.1, 0.15) is 11.3 Å². The van der Waals surface area contributed by atoms with Gasteiger partial charge in [0.25, 0.3) is 0 Å². The molecule has 17 heavy (non-hydrogen) atoms. The third-order valence-electron chi connectivity index (χ3n) is 2.22. The first kappa shape index (κ1) is 13.0. The van der Waals surface area contributed by atoms with Gasteiger partial charge in [0.05, 0.1) is 20.1 Å². The van der Waals surface area contributed by atoms with Gasteiger partial charge in [0.2, 0.25) is 0 Å². The van der Waals surface area contributed by atoms with E-state index in [0.717, 1.165) is 5.56 Å². The summed E-state index contributed by atoms with van der Waals surface area (Å²) in [6.07, 6.45) is 0.0872. The molecule has 0 saturated heterocycles. The molecule has 0 aliphatic heterocycles. The Labute approximate surface area is 99.0 Å². The lowest BCUT2D eigenvalue weighted by Crippen LogP contribution is -2.10. The minimum atomic E-state index is -1.05. The number of aromatic carboxylic acids is 1. The predicted octanol–water partition coefficient (Wildman–Crippen LogP) is 1.64. The smallest absolute Gasteiger partial charge is 0.339 e. The number of hydrogen-bond donors (Lipinski definition) is 1. The number of methoxy groups -OCH3 is 1. The van der Waals surface area contributed by atoms with Crippen molar-refractivity contribution in [3.05, 3.63) is 29.3 Å². The van der Waals surface area contributed by atoms with Gasteiger partial charge in [-0.05, 0) is 18.6 Å². The Bertz CT molecular complexity index is 425. The number of carbonyl (C=O) groups is 2. The average molecular weight is 238 g/mol. The summed E-state index contributed by atoms with van der Waals surface area (Å²) in [5.74, 6) is -1.15. The van der Waals surface area contributed by atoms with E-state index in [4.69, 9.17) is 9.84 Å². The molecule has 1 aromatic carbocycles. The van der Waals surface area contributed by atoms with E-state index in [1.54, 1.807) is 19.1 Å². The molecule has 0 spiro atoms. The third-order valence-corrected chi connectivity index (χ3v) is 2.22. The zero-order valence-electron chi connectivity index (χ0n) is 9.73. The molecule has 0 unspecified atom stereocenters. The molecule has 0 atom stereocenters. The number of carboxylic acids is 1. The van der Waals surface area contributed by atoms with Crippen molar-refractivity contribution in [3.8, 4) is 5.75 Å². The molecule has 1 aromatic rings. The number of carboxylic acid groups (broad SMARTS) is 1. The van der Waals surface area contributed by atoms with E-state index in [9.17, 15) is 9.59 Å². The van der Waals surface area contributed by atoms with Gasteiger partial charge < -0.3 is 14.6 Å². The van der Waals surface area contributed by atoms with E-state index in [1.165, 1.54) is 13.2 Å². The van der Waals surface area contributed by atoms with Crippen LogP contribution in [0.4, 0.5) is 0 Å². The molecular formula is C12H14O5. The van der Waals surface area contributed by atoms with Gasteiger partial charge in [-0.1, -0.05) is 12.1 Å². The fraction of sp³-hybridized carbons (Fsp3) is 0.333. The Morgan fingerprint density at radius 2 is 2.06 bits per heavy atom. The second-order valence-corrected chi connectivity index (χ2v) is 3.43. The first-order valence-electron chi connectivity index (χ1n) is 5.08. The standard InChI is InChI=1S/C12H14O5/c1-8-4-3-5-9(12(14)15)11(8)17-7-6-10(13)16-2/h3-5H,6-7H2,1-2H3,(H,14,15). The van der Waals surface area contributed by atoms with Crippen molar-refractivity contribution in [1.82, 2.24) is 0 Å². The second kappa shape index (κ2) is 5.89. The molecule has 0 bridgehead atoms. The molecule has 1 rings (SSSR count). The summed E-state index contributed by atoms with van der Waals surface area (Å²) < 4.78 is 9.78. The normalized spacial score (nSPS) is 9.76. The average Bonchev–Trinajstić information content (AvgIpc) is 2.30. The number of para-hydroxylation sites is 1. The minimum absolute atomic E-state index is 0.0872. The lowest BCUT2D eigenvalue weighted by molar-refractivity contribution is -0.141. The van der Waals surface area contributed by atoms with E-state index >= 15 is 0 Å². The fourth-order valence-corrected chi connectivity index (χ4v) is 1.35. The Balaban J connectivity index is 2.76. The van der Waals surface area contributed by atoms with Crippen LogP contribution in [0.2, 0.25) is 0 Å². The summed E-state index contributed by atoms with van der Waals surface area (Å²) in [6, 6.07) is 4.86. The maximum atomic E-state index is 11.0. The van der Waals surface area contributed by atoms with Crippen LogP contribution >= 0.6 is 0 Å². The van der Waals surface area contributed by atoms with Crippen molar-refractivity contribution in [1.29, 1.82) is 0 Å². The van der Waals surface area contributed by atoms with Crippen molar-refractivity contribution in [2.45, 2.75) is 13.3 Å². The highest BCUT2D eigenvalue weighted by Crippen LogP contribution is 2.23. The molecule has 0 aliphatic carbocycles. The molecule has 1 N–H and O–H groups in total. The number of benzene rings is 1. The lowest BCUT2D eigenvalue weighted by Gasteiger charge is -2.11. The van der Waals surface area contributed by atoms with Crippen LogP contribution < -0.4 is 4.74 Å². The molecule has 0 aromatic heterocycles. The van der Waals surface area contributed by atoms with E-state index in [0.29, 0.717) is 5.75 Å². The topological polar surface area (TPSA) is 72.8 Å². The van der Waals surface area contributed by atoms with Crippen LogP contribution in [0, 0.1) is 6.92 Å². The second-order valence-electron chi connectivity index (χ2n) is 3.43. The highest BCUT2D eigenvalue weighted by molar-refractivity contribution is 5.91. The predicted molar refractivity (Wildman–Crippen MR) is 60.3 cm³/mol. The quantitative estimate of drug-likeness (QED) is 0.789. The van der Waals surface area contributed by atoms with Crippen LogP contribution in [-0.4, -0.2) is 30.8 Å². The maximum absolute atomic E-state index is 11.0. The molecular weight excluding hydrogens is 224 g/mol. The highest BCUT2D eigenvalue weighted by Gasteiger charge is 2.13. The van der Waals surface area contributed by atoms with Gasteiger partial charge in [-0.25, -0.2) is 4.79 Å². The van der Waals surface area contributed by atoms with Crippen LogP contribution in [0.1, 0.15) is 22.3 Å². The van der Waals surface area contributed by atoms with Crippen molar-refractivity contribution in [2.75, 3.05) is 13.7 Å². The lowest BCUT2D eigenvalue weighted by atomic mass is 10.1.